The van der Waals surface area contributed by atoms with Crippen LogP contribution in [0.1, 0.15) is 13.8 Å². The van der Waals surface area contributed by atoms with Crippen LogP contribution in [-0.4, -0.2) is 23.1 Å². The Bertz CT molecular complexity index is 194. The van der Waals surface area contributed by atoms with Crippen molar-refractivity contribution in [2.75, 3.05) is 0 Å². The number of carbonyl (C=O) groups excluding carboxylic acids is 1. The van der Waals surface area contributed by atoms with E-state index >= 15 is 0 Å². The molecule has 1 heterocycles. The second kappa shape index (κ2) is 1.71. The molecule has 0 aromatic carbocycles. The van der Waals surface area contributed by atoms with Gasteiger partial charge < -0.3 is 9.84 Å². The van der Waals surface area contributed by atoms with Crippen LogP contribution in [0.2, 0.25) is 0 Å². The quantitative estimate of drug-likeness (QED) is 0.527. The molecule has 1 atom stereocenters. The first-order chi connectivity index (χ1) is 4.46. The van der Waals surface area contributed by atoms with Crippen LogP contribution in [0.5, 0.6) is 0 Å². The van der Waals surface area contributed by atoms with Crippen LogP contribution in [-0.2, 0) is 14.3 Å². The van der Waals surface area contributed by atoms with Gasteiger partial charge in [0.25, 0.3) is 0 Å². The number of hydrogen-bond donors (Lipinski definition) is 1. The van der Waals surface area contributed by atoms with Crippen LogP contribution in [0.4, 0.5) is 0 Å². The van der Waals surface area contributed by atoms with E-state index in [4.69, 9.17) is 5.11 Å². The molecule has 1 saturated heterocycles. The molecule has 0 aliphatic carbocycles. The van der Waals surface area contributed by atoms with Gasteiger partial charge >= 0.3 is 11.9 Å². The molecule has 1 N–H and O–H groups in total. The van der Waals surface area contributed by atoms with E-state index in [2.05, 4.69) is 4.74 Å². The molecule has 4 heteroatoms. The van der Waals surface area contributed by atoms with Crippen molar-refractivity contribution in [3.63, 3.8) is 0 Å². The maximum Gasteiger partial charge on any atom is 0.346 e. The summed E-state index contributed by atoms with van der Waals surface area (Å²) in [6.45, 7) is 3.11. The minimum absolute atomic E-state index is 0.445. The third kappa shape index (κ3) is 0.683. The Kier molecular flexibility index (Phi) is 1.21. The van der Waals surface area contributed by atoms with Gasteiger partial charge in [-0.3, -0.25) is 4.79 Å². The van der Waals surface area contributed by atoms with E-state index < -0.39 is 23.5 Å². The lowest BCUT2D eigenvalue weighted by Gasteiger charge is -2.38. The number of rotatable bonds is 1. The summed E-state index contributed by atoms with van der Waals surface area (Å²) >= 11 is 0. The second-order valence-corrected chi connectivity index (χ2v) is 2.85. The van der Waals surface area contributed by atoms with E-state index in [0.717, 1.165) is 0 Å². The van der Waals surface area contributed by atoms with E-state index in [-0.39, 0.29) is 0 Å². The Morgan fingerprint density at radius 1 is 1.70 bits per heavy atom. The van der Waals surface area contributed by atoms with Crippen molar-refractivity contribution in [1.29, 1.82) is 0 Å². The molecule has 4 nitrogen and oxygen atoms in total. The number of hydrogen-bond acceptors (Lipinski definition) is 3. The van der Waals surface area contributed by atoms with Gasteiger partial charge in [-0.25, -0.2) is 4.79 Å². The van der Waals surface area contributed by atoms with Crippen molar-refractivity contribution >= 4 is 11.9 Å². The average molecular weight is 144 g/mol. The van der Waals surface area contributed by atoms with Crippen molar-refractivity contribution in [2.24, 2.45) is 5.41 Å². The molecule has 0 bridgehead atoms. The zero-order valence-electron chi connectivity index (χ0n) is 5.75. The molecular weight excluding hydrogens is 136 g/mol. The molecular formula is C6H8O4. The topological polar surface area (TPSA) is 63.6 Å². The van der Waals surface area contributed by atoms with Gasteiger partial charge in [-0.05, 0) is 13.8 Å². The molecule has 0 aromatic rings. The van der Waals surface area contributed by atoms with Crippen molar-refractivity contribution in [3.8, 4) is 0 Å². The highest BCUT2D eigenvalue weighted by molar-refractivity contribution is 5.93. The minimum Gasteiger partial charge on any atom is -0.478 e. The summed E-state index contributed by atoms with van der Waals surface area (Å²) in [6, 6.07) is 0. The van der Waals surface area contributed by atoms with E-state index in [1.807, 2.05) is 0 Å². The van der Waals surface area contributed by atoms with Crippen LogP contribution in [0.25, 0.3) is 0 Å². The van der Waals surface area contributed by atoms with Gasteiger partial charge in [-0.15, -0.1) is 0 Å². The number of carboxylic acid groups (broad SMARTS) is 1. The summed E-state index contributed by atoms with van der Waals surface area (Å²) in [6.07, 6.45) is -0.958. The van der Waals surface area contributed by atoms with E-state index in [9.17, 15) is 9.59 Å². The number of esters is 1. The molecule has 0 aromatic heterocycles. The van der Waals surface area contributed by atoms with Gasteiger partial charge in [0.05, 0.1) is 0 Å². The monoisotopic (exact) mass is 144 g/mol. The summed E-state index contributed by atoms with van der Waals surface area (Å²) < 4.78 is 4.38. The molecule has 1 aliphatic heterocycles. The predicted octanol–water partition coefficient (Wildman–Crippen LogP) is 0.0226. The molecule has 56 valence electrons. The number of ether oxygens (including phenoxy) is 1. The number of cyclic esters (lactones) is 1. The molecule has 0 spiro atoms. The number of carbonyl (C=O) groups is 2. The first-order valence-electron chi connectivity index (χ1n) is 2.90. The fourth-order valence-electron chi connectivity index (χ4n) is 0.814. The van der Waals surface area contributed by atoms with Crippen molar-refractivity contribution in [2.45, 2.75) is 20.0 Å². The number of carboxylic acids is 1. The SMILES string of the molecule is CC1(C)C(=O)O[C@H]1C(=O)O. The van der Waals surface area contributed by atoms with Crippen LogP contribution in [0.3, 0.4) is 0 Å². The fourth-order valence-corrected chi connectivity index (χ4v) is 0.814. The van der Waals surface area contributed by atoms with Crippen LogP contribution >= 0.6 is 0 Å². The molecule has 0 amide bonds. The normalized spacial score (nSPS) is 28.6. The maximum atomic E-state index is 10.6. The Hall–Kier alpha value is -1.06. The lowest BCUT2D eigenvalue weighted by atomic mass is 9.81. The summed E-state index contributed by atoms with van der Waals surface area (Å²) in [5, 5.41) is 8.41. The first kappa shape index (κ1) is 7.05. The molecule has 0 unspecified atom stereocenters. The third-order valence-corrected chi connectivity index (χ3v) is 1.63. The Balaban J connectivity index is 2.72. The highest BCUT2D eigenvalue weighted by atomic mass is 16.6. The summed E-state index contributed by atoms with van der Waals surface area (Å²) in [7, 11) is 0. The second-order valence-electron chi connectivity index (χ2n) is 2.85. The van der Waals surface area contributed by atoms with Gasteiger partial charge in [0.1, 0.15) is 5.41 Å². The molecule has 0 radical (unpaired) electrons. The van der Waals surface area contributed by atoms with Crippen molar-refractivity contribution in [3.05, 3.63) is 0 Å². The third-order valence-electron chi connectivity index (χ3n) is 1.63. The summed E-state index contributed by atoms with van der Waals surface area (Å²) in [5.74, 6) is -1.52. The predicted molar refractivity (Wildman–Crippen MR) is 31.3 cm³/mol. The van der Waals surface area contributed by atoms with E-state index in [1.165, 1.54) is 0 Å². The highest BCUT2D eigenvalue weighted by Crippen LogP contribution is 2.35. The zero-order valence-corrected chi connectivity index (χ0v) is 5.75. The largest absolute Gasteiger partial charge is 0.478 e. The Morgan fingerprint density at radius 2 is 2.20 bits per heavy atom. The average Bonchev–Trinajstić information content (AvgIpc) is 1.82. The lowest BCUT2D eigenvalue weighted by Crippen LogP contribution is -2.56. The van der Waals surface area contributed by atoms with E-state index in [1.54, 1.807) is 13.8 Å². The highest BCUT2D eigenvalue weighted by Gasteiger charge is 2.54. The van der Waals surface area contributed by atoms with Gasteiger partial charge in [0.15, 0.2) is 0 Å². The Morgan fingerprint density at radius 3 is 2.30 bits per heavy atom. The molecule has 10 heavy (non-hydrogen) atoms. The first-order valence-corrected chi connectivity index (χ1v) is 2.90. The molecule has 1 aliphatic rings. The Labute approximate surface area is 57.8 Å². The summed E-state index contributed by atoms with van der Waals surface area (Å²) in [4.78, 5) is 20.8. The maximum absolute atomic E-state index is 10.6. The van der Waals surface area contributed by atoms with Gasteiger partial charge in [0.2, 0.25) is 6.10 Å². The molecule has 1 rings (SSSR count). The minimum atomic E-state index is -1.08. The van der Waals surface area contributed by atoms with Crippen LogP contribution in [0, 0.1) is 5.41 Å². The van der Waals surface area contributed by atoms with Crippen LogP contribution < -0.4 is 0 Å². The smallest absolute Gasteiger partial charge is 0.346 e. The van der Waals surface area contributed by atoms with Gasteiger partial charge in [0, 0.05) is 0 Å². The molecule has 1 fully saturated rings. The fraction of sp³-hybridized carbons (Fsp3) is 0.667. The summed E-state index contributed by atoms with van der Waals surface area (Å²) in [5.41, 5.74) is -0.841. The van der Waals surface area contributed by atoms with Crippen LogP contribution in [0.15, 0.2) is 0 Å². The van der Waals surface area contributed by atoms with Gasteiger partial charge in [-0.2, -0.15) is 0 Å². The van der Waals surface area contributed by atoms with Crippen molar-refractivity contribution < 1.29 is 19.4 Å². The number of aliphatic carboxylic acids is 1. The standard InChI is InChI=1S/C6H8O4/c1-6(2)3(4(7)8)10-5(6)9/h3H,1-2H3,(H,7,8)/t3-/m0/s1. The zero-order chi connectivity index (χ0) is 7.94. The lowest BCUT2D eigenvalue weighted by molar-refractivity contribution is -0.209. The van der Waals surface area contributed by atoms with Crippen molar-refractivity contribution in [1.82, 2.24) is 0 Å². The molecule has 0 saturated carbocycles. The van der Waals surface area contributed by atoms with Gasteiger partial charge in [-0.1, -0.05) is 0 Å². The van der Waals surface area contributed by atoms with E-state index in [0.29, 0.717) is 0 Å².